The third-order valence-corrected chi connectivity index (χ3v) is 2.79. The van der Waals surface area contributed by atoms with E-state index < -0.39 is 11.9 Å². The minimum atomic E-state index is -0.547. The lowest BCUT2D eigenvalue weighted by atomic mass is 10.1. The molecule has 0 spiro atoms. The van der Waals surface area contributed by atoms with Gasteiger partial charge in [0.25, 0.3) is 0 Å². The quantitative estimate of drug-likeness (QED) is 0.563. The maximum Gasteiger partial charge on any atom is 0.171 e. The zero-order valence-electron chi connectivity index (χ0n) is 11.5. The van der Waals surface area contributed by atoms with Gasteiger partial charge in [0, 0.05) is 6.07 Å². The second kappa shape index (κ2) is 7.80. The molecule has 1 aromatic heterocycles. The Morgan fingerprint density at radius 2 is 2.15 bits per heavy atom. The van der Waals surface area contributed by atoms with Crippen molar-refractivity contribution in [3.05, 3.63) is 58.9 Å². The first-order chi connectivity index (χ1) is 9.47. The Morgan fingerprint density at radius 3 is 2.75 bits per heavy atom. The number of hydrogen-bond donors (Lipinski definition) is 0. The van der Waals surface area contributed by atoms with Crippen LogP contribution in [-0.2, 0) is 0 Å². The highest BCUT2D eigenvalue weighted by Gasteiger charge is 2.12. The molecule has 1 atom stereocenters. The van der Waals surface area contributed by atoms with Gasteiger partial charge in [-0.15, -0.1) is 0 Å². The van der Waals surface area contributed by atoms with E-state index in [0.29, 0.717) is 5.57 Å². The lowest BCUT2D eigenvalue weighted by Gasteiger charge is -2.16. The van der Waals surface area contributed by atoms with Gasteiger partial charge in [-0.3, -0.25) is 0 Å². The molecule has 0 amide bonds. The molecule has 0 aliphatic carbocycles. The Hall–Kier alpha value is -1.68. The molecule has 0 aromatic carbocycles. The summed E-state index contributed by atoms with van der Waals surface area (Å²) >= 11 is 5.82. The number of hydrogen-bond acceptors (Lipinski definition) is 2. The fourth-order valence-corrected chi connectivity index (χ4v) is 1.69. The molecule has 0 aliphatic rings. The van der Waals surface area contributed by atoms with Crippen LogP contribution >= 0.6 is 11.6 Å². The molecule has 0 bridgehead atoms. The third kappa shape index (κ3) is 4.78. The van der Waals surface area contributed by atoms with Crippen molar-refractivity contribution in [3.63, 3.8) is 0 Å². The summed E-state index contributed by atoms with van der Waals surface area (Å²) in [4.78, 5) is 3.65. The van der Waals surface area contributed by atoms with E-state index >= 15 is 0 Å². The van der Waals surface area contributed by atoms with Crippen LogP contribution in [0.15, 0.2) is 48.0 Å². The molecule has 1 unspecified atom stereocenters. The number of aromatic nitrogens is 1. The number of allylic oxidation sites excluding steroid dienone is 4. The minimum Gasteiger partial charge on any atom is -0.483 e. The van der Waals surface area contributed by atoms with E-state index in [-0.39, 0.29) is 16.7 Å². The van der Waals surface area contributed by atoms with Crippen molar-refractivity contribution in [3.8, 4) is 5.75 Å². The largest absolute Gasteiger partial charge is 0.483 e. The number of nitrogens with zero attached hydrogens (tertiary/aromatic N) is 1. The Morgan fingerprint density at radius 1 is 1.45 bits per heavy atom. The van der Waals surface area contributed by atoms with E-state index in [4.69, 9.17) is 16.3 Å². The van der Waals surface area contributed by atoms with E-state index in [1.165, 1.54) is 12.2 Å². The molecule has 2 nitrogen and oxygen atoms in total. The van der Waals surface area contributed by atoms with Crippen LogP contribution in [0.5, 0.6) is 5.75 Å². The molecule has 5 heteroatoms. The van der Waals surface area contributed by atoms with Crippen molar-refractivity contribution >= 4 is 11.6 Å². The first-order valence-electron chi connectivity index (χ1n) is 6.11. The van der Waals surface area contributed by atoms with Crippen LogP contribution < -0.4 is 4.74 Å². The highest BCUT2D eigenvalue weighted by Crippen LogP contribution is 2.25. The molecule has 0 fully saturated rings. The fraction of sp³-hybridized carbons (Fsp3) is 0.267. The van der Waals surface area contributed by atoms with Gasteiger partial charge in [0.2, 0.25) is 0 Å². The van der Waals surface area contributed by atoms with Crippen LogP contribution in [0.3, 0.4) is 0 Å². The lowest BCUT2D eigenvalue weighted by Crippen LogP contribution is -2.14. The molecule has 108 valence electrons. The Kier molecular flexibility index (Phi) is 6.39. The summed E-state index contributed by atoms with van der Waals surface area (Å²) in [7, 11) is 0. The van der Waals surface area contributed by atoms with Crippen LogP contribution in [0.4, 0.5) is 8.78 Å². The van der Waals surface area contributed by atoms with Crippen molar-refractivity contribution in [1.82, 2.24) is 4.98 Å². The summed E-state index contributed by atoms with van der Waals surface area (Å²) in [6, 6.07) is 1.14. The van der Waals surface area contributed by atoms with Gasteiger partial charge in [-0.05, 0) is 38.5 Å². The first kappa shape index (κ1) is 16.4. The van der Waals surface area contributed by atoms with Crippen molar-refractivity contribution < 1.29 is 13.5 Å². The molecule has 0 saturated carbocycles. The van der Waals surface area contributed by atoms with Crippen LogP contribution in [0.2, 0.25) is 5.15 Å². The topological polar surface area (TPSA) is 22.1 Å². The van der Waals surface area contributed by atoms with Gasteiger partial charge in [0.1, 0.15) is 17.7 Å². The normalized spacial score (nSPS) is 14.7. The molecule has 1 heterocycles. The van der Waals surface area contributed by atoms with E-state index in [1.54, 1.807) is 32.9 Å². The fourth-order valence-electron chi connectivity index (χ4n) is 1.55. The van der Waals surface area contributed by atoms with Gasteiger partial charge in [0.05, 0.1) is 6.20 Å². The average molecular weight is 300 g/mol. The molecule has 0 saturated heterocycles. The number of rotatable bonds is 5. The third-order valence-electron chi connectivity index (χ3n) is 2.51. The molecule has 0 aliphatic heterocycles. The van der Waals surface area contributed by atoms with Gasteiger partial charge < -0.3 is 4.74 Å². The molecule has 1 rings (SSSR count). The lowest BCUT2D eigenvalue weighted by molar-refractivity contribution is 0.258. The predicted molar refractivity (Wildman–Crippen MR) is 77.1 cm³/mol. The summed E-state index contributed by atoms with van der Waals surface area (Å²) < 4.78 is 32.1. The van der Waals surface area contributed by atoms with Crippen LogP contribution in [0, 0.1) is 5.82 Å². The SMILES string of the molecule is C\C=C/C(F)=C\C(=C/C)C(C)Oc1cc(F)cnc1Cl. The van der Waals surface area contributed by atoms with Crippen LogP contribution in [-0.4, -0.2) is 11.1 Å². The molecular weight excluding hydrogens is 284 g/mol. The van der Waals surface area contributed by atoms with E-state index in [9.17, 15) is 8.78 Å². The summed E-state index contributed by atoms with van der Waals surface area (Å²) in [6.07, 6.45) is 6.52. The number of ether oxygens (including phenoxy) is 1. The monoisotopic (exact) mass is 299 g/mol. The maximum absolute atomic E-state index is 13.5. The molecular formula is C15H16ClF2NO. The Bertz CT molecular complexity index is 553. The van der Waals surface area contributed by atoms with Gasteiger partial charge in [0.15, 0.2) is 10.9 Å². The van der Waals surface area contributed by atoms with Crippen LogP contribution in [0.25, 0.3) is 0 Å². The Balaban J connectivity index is 2.91. The second-order valence-electron chi connectivity index (χ2n) is 4.02. The van der Waals surface area contributed by atoms with Crippen molar-refractivity contribution in [1.29, 1.82) is 0 Å². The molecule has 0 radical (unpaired) electrons. The van der Waals surface area contributed by atoms with Crippen LogP contribution in [0.1, 0.15) is 20.8 Å². The zero-order valence-corrected chi connectivity index (χ0v) is 12.3. The summed E-state index contributed by atoms with van der Waals surface area (Å²) in [6.45, 7) is 5.21. The highest BCUT2D eigenvalue weighted by atomic mass is 35.5. The standard InChI is InChI=1S/C15H16ClF2NO/c1-4-6-12(17)7-11(5-2)10(3)20-14-8-13(18)9-19-15(14)16/h4-10H,1-3H3/b6-4-,11-5+,12-7+. The average Bonchev–Trinajstić information content (AvgIpc) is 2.40. The molecule has 1 aromatic rings. The van der Waals surface area contributed by atoms with E-state index in [1.807, 2.05) is 0 Å². The highest BCUT2D eigenvalue weighted by molar-refractivity contribution is 6.30. The molecule has 20 heavy (non-hydrogen) atoms. The Labute approximate surface area is 122 Å². The van der Waals surface area contributed by atoms with Gasteiger partial charge in [-0.2, -0.15) is 0 Å². The van der Waals surface area contributed by atoms with Crippen molar-refractivity contribution in [2.45, 2.75) is 26.9 Å². The predicted octanol–water partition coefficient (Wildman–Crippen LogP) is 5.02. The van der Waals surface area contributed by atoms with Gasteiger partial charge in [-0.1, -0.05) is 23.8 Å². The smallest absolute Gasteiger partial charge is 0.171 e. The van der Waals surface area contributed by atoms with E-state index in [0.717, 1.165) is 12.3 Å². The van der Waals surface area contributed by atoms with Gasteiger partial charge >= 0.3 is 0 Å². The van der Waals surface area contributed by atoms with E-state index in [2.05, 4.69) is 4.98 Å². The van der Waals surface area contributed by atoms with Gasteiger partial charge in [-0.25, -0.2) is 13.8 Å². The van der Waals surface area contributed by atoms with Crippen molar-refractivity contribution in [2.75, 3.05) is 0 Å². The maximum atomic E-state index is 13.5. The summed E-state index contributed by atoms with van der Waals surface area (Å²) in [5.41, 5.74) is 0.612. The number of halogens is 3. The minimum absolute atomic E-state index is 0.0617. The first-order valence-corrected chi connectivity index (χ1v) is 6.49. The zero-order chi connectivity index (χ0) is 15.1. The second-order valence-corrected chi connectivity index (χ2v) is 4.38. The molecule has 0 N–H and O–H groups in total. The summed E-state index contributed by atoms with van der Waals surface area (Å²) in [5.74, 6) is -0.813. The van der Waals surface area contributed by atoms with Crippen molar-refractivity contribution in [2.24, 2.45) is 0 Å². The number of pyridine rings is 1. The summed E-state index contributed by atoms with van der Waals surface area (Å²) in [5, 5.41) is 0.0617.